The topological polar surface area (TPSA) is 16.4 Å². The highest BCUT2D eigenvalue weighted by molar-refractivity contribution is 6.24. The SMILES string of the molecule is c1ccc(N(c2c3ccccc3c(-c3ccc4c(c3)-c3ccccc3-c3ccccc3-c3ccccc3-4)c3ccccc23)c2cccc3c2oc2ccccc23)cc1. The minimum absolute atomic E-state index is 0.868. The Morgan fingerprint density at radius 3 is 1.34 bits per heavy atom. The fourth-order valence-corrected chi connectivity index (χ4v) is 9.55. The van der Waals surface area contributed by atoms with Crippen molar-refractivity contribution in [1.29, 1.82) is 0 Å². The van der Waals surface area contributed by atoms with Gasteiger partial charge in [-0.3, -0.25) is 0 Å². The summed E-state index contributed by atoms with van der Waals surface area (Å²) >= 11 is 0. The van der Waals surface area contributed by atoms with Crippen molar-refractivity contribution in [3.8, 4) is 55.6 Å². The fourth-order valence-electron chi connectivity index (χ4n) is 9.55. The summed E-state index contributed by atoms with van der Waals surface area (Å²) in [5, 5.41) is 6.94. The van der Waals surface area contributed by atoms with Crippen LogP contribution in [0.5, 0.6) is 0 Å². The molecule has 0 fully saturated rings. The number of rotatable bonds is 4. The Kier molecular flexibility index (Phi) is 7.26. The van der Waals surface area contributed by atoms with Crippen LogP contribution < -0.4 is 4.90 Å². The van der Waals surface area contributed by atoms with Gasteiger partial charge < -0.3 is 9.32 Å². The van der Waals surface area contributed by atoms with E-state index in [9.17, 15) is 0 Å². The minimum Gasteiger partial charge on any atom is -0.454 e. The van der Waals surface area contributed by atoms with Gasteiger partial charge in [-0.15, -0.1) is 0 Å². The summed E-state index contributed by atoms with van der Waals surface area (Å²) < 4.78 is 6.73. The zero-order chi connectivity index (χ0) is 38.2. The highest BCUT2D eigenvalue weighted by Crippen LogP contribution is 2.52. The standard InChI is InChI=1S/C56H35NO/c1-2-17-37(18-3-1)57(52-31-16-30-50-45-25-14-15-32-53(45)58-56(50)52)55-48-28-12-10-26-46(48)54(47-27-11-13-29-49(47)55)36-33-34-44-42-23-7-6-21-40(42)38-19-4-5-20-39(38)41-22-8-9-24-43(41)51(44)35-36/h1-35H. The van der Waals surface area contributed by atoms with Crippen molar-refractivity contribution in [2.45, 2.75) is 0 Å². The minimum atomic E-state index is 0.868. The molecule has 1 aliphatic rings. The van der Waals surface area contributed by atoms with Crippen LogP contribution in [0.2, 0.25) is 0 Å². The predicted molar refractivity (Wildman–Crippen MR) is 244 cm³/mol. The van der Waals surface area contributed by atoms with Crippen LogP contribution in [0.25, 0.3) is 99.1 Å². The fraction of sp³-hybridized carbons (Fsp3) is 0. The lowest BCUT2D eigenvalue weighted by Crippen LogP contribution is -2.11. The van der Waals surface area contributed by atoms with Gasteiger partial charge in [-0.25, -0.2) is 0 Å². The Labute approximate surface area is 336 Å². The molecule has 270 valence electrons. The van der Waals surface area contributed by atoms with E-state index in [4.69, 9.17) is 4.42 Å². The highest BCUT2D eigenvalue weighted by Gasteiger charge is 2.26. The van der Waals surface area contributed by atoms with Crippen LogP contribution >= 0.6 is 0 Å². The average molecular weight is 738 g/mol. The Morgan fingerprint density at radius 1 is 0.310 bits per heavy atom. The van der Waals surface area contributed by atoms with E-state index in [1.165, 1.54) is 77.2 Å². The largest absolute Gasteiger partial charge is 0.454 e. The average Bonchev–Trinajstić information content (AvgIpc) is 3.68. The van der Waals surface area contributed by atoms with Crippen molar-refractivity contribution in [3.63, 3.8) is 0 Å². The molecule has 11 aromatic rings. The van der Waals surface area contributed by atoms with E-state index in [1.807, 2.05) is 6.07 Å². The van der Waals surface area contributed by atoms with Crippen LogP contribution in [0.15, 0.2) is 217 Å². The molecule has 2 heteroatoms. The Bertz CT molecular complexity index is 3350. The van der Waals surface area contributed by atoms with E-state index in [1.54, 1.807) is 0 Å². The van der Waals surface area contributed by atoms with Crippen molar-refractivity contribution in [2.24, 2.45) is 0 Å². The first-order valence-electron chi connectivity index (χ1n) is 19.9. The molecule has 58 heavy (non-hydrogen) atoms. The Hall–Kier alpha value is -7.68. The normalized spacial score (nSPS) is 11.8. The molecule has 0 saturated heterocycles. The van der Waals surface area contributed by atoms with E-state index in [0.717, 1.165) is 39.0 Å². The van der Waals surface area contributed by atoms with Crippen molar-refractivity contribution < 1.29 is 4.42 Å². The summed E-state index contributed by atoms with van der Waals surface area (Å²) in [5.74, 6) is 0. The number of nitrogens with zero attached hydrogens (tertiary/aromatic N) is 1. The Balaban J connectivity index is 1.16. The van der Waals surface area contributed by atoms with Gasteiger partial charge in [0.1, 0.15) is 5.58 Å². The molecule has 0 spiro atoms. The third kappa shape index (κ3) is 4.85. The molecule has 0 N–H and O–H groups in total. The molecule has 0 unspecified atom stereocenters. The zero-order valence-electron chi connectivity index (χ0n) is 31.6. The number of fused-ring (bicyclic) bond motifs is 13. The van der Waals surface area contributed by atoms with Gasteiger partial charge in [-0.2, -0.15) is 0 Å². The quantitative estimate of drug-likeness (QED) is 0.167. The number of anilines is 3. The van der Waals surface area contributed by atoms with Crippen LogP contribution in [-0.4, -0.2) is 0 Å². The summed E-state index contributed by atoms with van der Waals surface area (Å²) in [4.78, 5) is 2.41. The van der Waals surface area contributed by atoms with Crippen LogP contribution in [0.4, 0.5) is 17.1 Å². The summed E-state index contributed by atoms with van der Waals surface area (Å²) in [6.07, 6.45) is 0. The molecular formula is C56H35NO. The van der Waals surface area contributed by atoms with Gasteiger partial charge in [0.25, 0.3) is 0 Å². The van der Waals surface area contributed by atoms with E-state index in [2.05, 4.69) is 211 Å². The van der Waals surface area contributed by atoms with Crippen LogP contribution in [0.1, 0.15) is 0 Å². The van der Waals surface area contributed by atoms with Crippen molar-refractivity contribution >= 4 is 60.5 Å². The first kappa shape index (κ1) is 32.6. The number of hydrogen-bond acceptors (Lipinski definition) is 2. The Morgan fingerprint density at radius 2 is 0.759 bits per heavy atom. The van der Waals surface area contributed by atoms with Crippen molar-refractivity contribution in [1.82, 2.24) is 0 Å². The molecule has 0 amide bonds. The second-order valence-corrected chi connectivity index (χ2v) is 15.1. The molecule has 0 radical (unpaired) electrons. The first-order chi connectivity index (χ1) is 28.8. The highest BCUT2D eigenvalue weighted by atomic mass is 16.3. The number of hydrogen-bond donors (Lipinski definition) is 0. The van der Waals surface area contributed by atoms with E-state index < -0.39 is 0 Å². The van der Waals surface area contributed by atoms with Crippen molar-refractivity contribution in [3.05, 3.63) is 212 Å². The molecule has 0 aliphatic heterocycles. The van der Waals surface area contributed by atoms with Gasteiger partial charge in [0.05, 0.1) is 11.4 Å². The molecular weight excluding hydrogens is 703 g/mol. The molecule has 1 heterocycles. The third-order valence-corrected chi connectivity index (χ3v) is 12.0. The van der Waals surface area contributed by atoms with Crippen LogP contribution in [0, 0.1) is 0 Å². The summed E-state index contributed by atoms with van der Waals surface area (Å²) in [6.45, 7) is 0. The van der Waals surface area contributed by atoms with Crippen molar-refractivity contribution in [2.75, 3.05) is 4.90 Å². The molecule has 2 nitrogen and oxygen atoms in total. The second kappa shape index (κ2) is 12.9. The van der Waals surface area contributed by atoms with E-state index in [-0.39, 0.29) is 0 Å². The monoisotopic (exact) mass is 737 g/mol. The number of furan rings is 1. The molecule has 0 saturated carbocycles. The molecule has 0 bridgehead atoms. The van der Waals surface area contributed by atoms with Crippen LogP contribution in [-0.2, 0) is 0 Å². The molecule has 1 aliphatic carbocycles. The second-order valence-electron chi connectivity index (χ2n) is 15.1. The molecule has 0 atom stereocenters. The summed E-state index contributed by atoms with van der Waals surface area (Å²) in [6, 6.07) is 77.1. The lowest BCUT2D eigenvalue weighted by molar-refractivity contribution is 0.669. The van der Waals surface area contributed by atoms with Gasteiger partial charge in [0.15, 0.2) is 5.58 Å². The van der Waals surface area contributed by atoms with Gasteiger partial charge >= 0.3 is 0 Å². The van der Waals surface area contributed by atoms with Crippen LogP contribution in [0.3, 0.4) is 0 Å². The smallest absolute Gasteiger partial charge is 0.159 e. The molecule has 1 aromatic heterocycles. The lowest BCUT2D eigenvalue weighted by Gasteiger charge is -2.29. The number of benzene rings is 10. The van der Waals surface area contributed by atoms with Gasteiger partial charge in [0, 0.05) is 27.2 Å². The summed E-state index contributed by atoms with van der Waals surface area (Å²) in [5.41, 5.74) is 17.3. The van der Waals surface area contributed by atoms with Gasteiger partial charge in [-0.1, -0.05) is 182 Å². The zero-order valence-corrected chi connectivity index (χ0v) is 31.6. The maximum atomic E-state index is 6.73. The molecule has 12 rings (SSSR count). The summed E-state index contributed by atoms with van der Waals surface area (Å²) in [7, 11) is 0. The van der Waals surface area contributed by atoms with Gasteiger partial charge in [-0.05, 0) is 96.7 Å². The molecule has 10 aromatic carbocycles. The maximum Gasteiger partial charge on any atom is 0.159 e. The lowest BCUT2D eigenvalue weighted by atomic mass is 9.79. The van der Waals surface area contributed by atoms with E-state index in [0.29, 0.717) is 0 Å². The van der Waals surface area contributed by atoms with Gasteiger partial charge in [0.2, 0.25) is 0 Å². The van der Waals surface area contributed by atoms with E-state index >= 15 is 0 Å². The predicted octanol–water partition coefficient (Wildman–Crippen LogP) is 16.0. The maximum absolute atomic E-state index is 6.73. The third-order valence-electron chi connectivity index (χ3n) is 12.0. The number of para-hydroxylation sites is 3. The first-order valence-corrected chi connectivity index (χ1v) is 19.9.